The van der Waals surface area contributed by atoms with Gasteiger partial charge in [0.25, 0.3) is 5.91 Å². The predicted molar refractivity (Wildman–Crippen MR) is 83.1 cm³/mol. The summed E-state index contributed by atoms with van der Waals surface area (Å²) in [7, 11) is 0. The molecule has 0 spiro atoms. The highest BCUT2D eigenvalue weighted by atomic mass is 19.1. The van der Waals surface area contributed by atoms with Gasteiger partial charge >= 0.3 is 0 Å². The van der Waals surface area contributed by atoms with Crippen LogP contribution in [0.25, 0.3) is 5.69 Å². The molecule has 0 fully saturated rings. The van der Waals surface area contributed by atoms with E-state index >= 15 is 0 Å². The average Bonchev–Trinajstić information content (AvgIpc) is 3.24. The van der Waals surface area contributed by atoms with E-state index in [0.717, 1.165) is 24.2 Å². The van der Waals surface area contributed by atoms with E-state index in [1.54, 1.807) is 25.5 Å². The molecular formula is C16H15FN6O. The summed E-state index contributed by atoms with van der Waals surface area (Å²) >= 11 is 0. The molecule has 0 bridgehead atoms. The van der Waals surface area contributed by atoms with Gasteiger partial charge in [0.2, 0.25) is 0 Å². The van der Waals surface area contributed by atoms with E-state index in [-0.39, 0.29) is 23.5 Å². The SMILES string of the molecule is Cc1cc(F)cc(-n2cc(C(=O)NC3CCn4cncc43)nn2)c1. The number of benzene rings is 1. The van der Waals surface area contributed by atoms with E-state index in [4.69, 9.17) is 0 Å². The minimum atomic E-state index is -0.356. The number of hydrogen-bond donors (Lipinski definition) is 1. The van der Waals surface area contributed by atoms with Crippen LogP contribution in [0, 0.1) is 12.7 Å². The fourth-order valence-electron chi connectivity index (χ4n) is 2.95. The molecule has 1 aliphatic rings. The van der Waals surface area contributed by atoms with Crippen LogP contribution in [0.5, 0.6) is 0 Å². The Labute approximate surface area is 137 Å². The standard InChI is InChI=1S/C16H15FN6O/c1-10-4-11(17)6-12(5-10)23-8-14(20-21-23)16(24)19-13-2-3-22-9-18-7-15(13)22/h4-9,13H,2-3H2,1H3,(H,19,24). The first kappa shape index (κ1) is 14.6. The summed E-state index contributed by atoms with van der Waals surface area (Å²) in [6.07, 6.45) is 5.82. The number of aromatic nitrogens is 5. The van der Waals surface area contributed by atoms with E-state index in [1.165, 1.54) is 23.0 Å². The van der Waals surface area contributed by atoms with Gasteiger partial charge in [0.1, 0.15) is 5.82 Å². The zero-order valence-electron chi connectivity index (χ0n) is 13.0. The molecule has 1 unspecified atom stereocenters. The van der Waals surface area contributed by atoms with Crippen LogP contribution < -0.4 is 5.32 Å². The molecule has 24 heavy (non-hydrogen) atoms. The zero-order chi connectivity index (χ0) is 16.7. The Morgan fingerprint density at radius 2 is 2.25 bits per heavy atom. The van der Waals surface area contributed by atoms with Crippen molar-refractivity contribution < 1.29 is 9.18 Å². The molecule has 122 valence electrons. The molecule has 8 heteroatoms. The Morgan fingerprint density at radius 1 is 1.38 bits per heavy atom. The summed E-state index contributed by atoms with van der Waals surface area (Å²) in [5.41, 5.74) is 2.47. The largest absolute Gasteiger partial charge is 0.342 e. The van der Waals surface area contributed by atoms with Gasteiger partial charge in [-0.2, -0.15) is 0 Å². The summed E-state index contributed by atoms with van der Waals surface area (Å²) < 4.78 is 16.9. The van der Waals surface area contributed by atoms with Gasteiger partial charge in [-0.3, -0.25) is 4.79 Å². The molecule has 0 aliphatic carbocycles. The van der Waals surface area contributed by atoms with Crippen molar-refractivity contribution in [3.05, 3.63) is 59.7 Å². The van der Waals surface area contributed by atoms with Crippen LogP contribution in [0.3, 0.4) is 0 Å². The molecule has 1 atom stereocenters. The first-order valence-corrected chi connectivity index (χ1v) is 7.61. The zero-order valence-corrected chi connectivity index (χ0v) is 13.0. The molecule has 3 heterocycles. The summed E-state index contributed by atoms with van der Waals surface area (Å²) in [5.74, 6) is -0.667. The summed E-state index contributed by atoms with van der Waals surface area (Å²) in [5, 5.41) is 10.7. The van der Waals surface area contributed by atoms with E-state index in [1.807, 2.05) is 4.57 Å². The lowest BCUT2D eigenvalue weighted by Gasteiger charge is -2.09. The maximum absolute atomic E-state index is 13.5. The van der Waals surface area contributed by atoms with Crippen LogP contribution in [0.2, 0.25) is 0 Å². The van der Waals surface area contributed by atoms with Gasteiger partial charge in [0, 0.05) is 6.54 Å². The smallest absolute Gasteiger partial charge is 0.274 e. The number of amides is 1. The molecule has 0 saturated carbocycles. The maximum Gasteiger partial charge on any atom is 0.274 e. The van der Waals surface area contributed by atoms with Crippen molar-refractivity contribution in [2.75, 3.05) is 0 Å². The number of hydrogen-bond acceptors (Lipinski definition) is 4. The third kappa shape index (κ3) is 2.55. The summed E-state index contributed by atoms with van der Waals surface area (Å²) in [6, 6.07) is 4.46. The molecule has 4 rings (SSSR count). The van der Waals surface area contributed by atoms with Gasteiger partial charge in [-0.15, -0.1) is 5.10 Å². The molecule has 1 amide bonds. The van der Waals surface area contributed by atoms with Gasteiger partial charge in [-0.1, -0.05) is 5.21 Å². The number of rotatable bonds is 3. The predicted octanol–water partition coefficient (Wildman–Crippen LogP) is 1.79. The van der Waals surface area contributed by atoms with Crippen LogP contribution in [-0.2, 0) is 6.54 Å². The Morgan fingerprint density at radius 3 is 3.08 bits per heavy atom. The monoisotopic (exact) mass is 326 g/mol. The Balaban J connectivity index is 1.53. The fourth-order valence-corrected chi connectivity index (χ4v) is 2.95. The van der Waals surface area contributed by atoms with Gasteiger partial charge < -0.3 is 9.88 Å². The first-order valence-electron chi connectivity index (χ1n) is 7.61. The summed E-state index contributed by atoms with van der Waals surface area (Å²) in [6.45, 7) is 2.62. The van der Waals surface area contributed by atoms with E-state index in [0.29, 0.717) is 5.69 Å². The fraction of sp³-hybridized carbons (Fsp3) is 0.250. The highest BCUT2D eigenvalue weighted by Crippen LogP contribution is 2.24. The van der Waals surface area contributed by atoms with Crippen LogP contribution in [-0.4, -0.2) is 30.5 Å². The van der Waals surface area contributed by atoms with Gasteiger partial charge in [-0.05, 0) is 37.1 Å². The molecule has 0 saturated heterocycles. The number of nitrogens with one attached hydrogen (secondary N) is 1. The molecule has 1 aliphatic heterocycles. The van der Waals surface area contributed by atoms with Gasteiger partial charge in [0.05, 0.1) is 36.1 Å². The Hall–Kier alpha value is -3.03. The maximum atomic E-state index is 13.5. The molecule has 7 nitrogen and oxygen atoms in total. The molecule has 1 aromatic carbocycles. The minimum Gasteiger partial charge on any atom is -0.342 e. The number of halogens is 1. The second kappa shape index (κ2) is 5.55. The third-order valence-corrected chi connectivity index (χ3v) is 4.08. The molecule has 1 N–H and O–H groups in total. The number of carbonyl (C=O) groups is 1. The molecule has 0 radical (unpaired) electrons. The van der Waals surface area contributed by atoms with Crippen LogP contribution in [0.1, 0.15) is 34.2 Å². The quantitative estimate of drug-likeness (QED) is 0.796. The molecular weight excluding hydrogens is 311 g/mol. The average molecular weight is 326 g/mol. The second-order valence-electron chi connectivity index (χ2n) is 5.86. The van der Waals surface area contributed by atoms with E-state index in [2.05, 4.69) is 20.6 Å². The lowest BCUT2D eigenvalue weighted by atomic mass is 10.2. The normalized spacial score (nSPS) is 16.2. The highest BCUT2D eigenvalue weighted by Gasteiger charge is 2.25. The van der Waals surface area contributed by atoms with Crippen molar-refractivity contribution in [2.45, 2.75) is 25.9 Å². The number of nitrogens with zero attached hydrogens (tertiary/aromatic N) is 5. The van der Waals surface area contributed by atoms with Crippen molar-refractivity contribution >= 4 is 5.91 Å². The lowest BCUT2D eigenvalue weighted by Crippen LogP contribution is -2.27. The number of aryl methyl sites for hydroxylation is 2. The van der Waals surface area contributed by atoms with Gasteiger partial charge in [-0.25, -0.2) is 14.1 Å². The Bertz CT molecular complexity index is 895. The number of fused-ring (bicyclic) bond motifs is 1. The van der Waals surface area contributed by atoms with E-state index < -0.39 is 0 Å². The number of imidazole rings is 1. The first-order chi connectivity index (χ1) is 11.6. The Kier molecular flexibility index (Phi) is 3.37. The van der Waals surface area contributed by atoms with Crippen LogP contribution >= 0.6 is 0 Å². The third-order valence-electron chi connectivity index (χ3n) is 4.08. The second-order valence-corrected chi connectivity index (χ2v) is 5.86. The molecule has 3 aromatic rings. The minimum absolute atomic E-state index is 0.0819. The van der Waals surface area contributed by atoms with Crippen LogP contribution in [0.4, 0.5) is 4.39 Å². The van der Waals surface area contributed by atoms with E-state index in [9.17, 15) is 9.18 Å². The van der Waals surface area contributed by atoms with Crippen molar-refractivity contribution in [1.82, 2.24) is 29.9 Å². The lowest BCUT2D eigenvalue weighted by molar-refractivity contribution is 0.0931. The topological polar surface area (TPSA) is 77.6 Å². The summed E-state index contributed by atoms with van der Waals surface area (Å²) in [4.78, 5) is 16.5. The van der Waals surface area contributed by atoms with Crippen molar-refractivity contribution in [3.63, 3.8) is 0 Å². The van der Waals surface area contributed by atoms with Crippen molar-refractivity contribution in [2.24, 2.45) is 0 Å². The van der Waals surface area contributed by atoms with Crippen LogP contribution in [0.15, 0.2) is 36.9 Å². The molecule has 2 aromatic heterocycles. The van der Waals surface area contributed by atoms with Crippen molar-refractivity contribution in [1.29, 1.82) is 0 Å². The van der Waals surface area contributed by atoms with Crippen molar-refractivity contribution in [3.8, 4) is 5.69 Å². The number of carbonyl (C=O) groups excluding carboxylic acids is 1. The van der Waals surface area contributed by atoms with Gasteiger partial charge in [0.15, 0.2) is 5.69 Å². The highest BCUT2D eigenvalue weighted by molar-refractivity contribution is 5.92.